The third-order valence-corrected chi connectivity index (χ3v) is 3.45. The lowest BCUT2D eigenvalue weighted by Gasteiger charge is -2.09. The summed E-state index contributed by atoms with van der Waals surface area (Å²) in [7, 11) is 0. The van der Waals surface area contributed by atoms with E-state index in [0.717, 1.165) is 12.0 Å². The van der Waals surface area contributed by atoms with E-state index >= 15 is 0 Å². The number of hydrogen-bond donors (Lipinski definition) is 2. The minimum Gasteiger partial charge on any atom is -0.399 e. The number of nitrogens with one attached hydrogen (secondary N) is 1. The number of carbonyl (C=O) groups excluding carboxylic acids is 1. The Labute approximate surface area is 119 Å². The molecule has 0 spiro atoms. The first-order chi connectivity index (χ1) is 9.58. The second-order valence-electron chi connectivity index (χ2n) is 5.01. The highest BCUT2D eigenvalue weighted by atomic mass is 16.1. The molecule has 2 aromatic rings. The molecule has 104 valence electrons. The number of carbonyl (C=O) groups is 1. The van der Waals surface area contributed by atoms with Crippen molar-refractivity contribution in [2.45, 2.75) is 20.3 Å². The molecule has 0 aromatic heterocycles. The van der Waals surface area contributed by atoms with Crippen LogP contribution in [0.2, 0.25) is 0 Å². The summed E-state index contributed by atoms with van der Waals surface area (Å²) in [6.45, 7) is 4.62. The third kappa shape index (κ3) is 3.38. The summed E-state index contributed by atoms with van der Waals surface area (Å²) in [4.78, 5) is 12.1. The fourth-order valence-electron chi connectivity index (χ4n) is 2.18. The Kier molecular flexibility index (Phi) is 4.41. The summed E-state index contributed by atoms with van der Waals surface area (Å²) >= 11 is 0. The molecule has 20 heavy (non-hydrogen) atoms. The maximum absolute atomic E-state index is 12.1. The smallest absolute Gasteiger partial charge is 0.251 e. The van der Waals surface area contributed by atoms with Gasteiger partial charge in [0.25, 0.3) is 5.91 Å². The second-order valence-corrected chi connectivity index (χ2v) is 5.01. The lowest BCUT2D eigenvalue weighted by atomic mass is 10.1. The van der Waals surface area contributed by atoms with Gasteiger partial charge in [-0.05, 0) is 49.1 Å². The molecule has 0 saturated heterocycles. The SMILES string of the molecule is Cc1ccccc1CCNC(=O)c1cc(N)ccc1C. The topological polar surface area (TPSA) is 55.1 Å². The number of benzene rings is 2. The molecule has 3 heteroatoms. The van der Waals surface area contributed by atoms with E-state index in [2.05, 4.69) is 24.4 Å². The Morgan fingerprint density at radius 1 is 1.10 bits per heavy atom. The number of nitrogens with two attached hydrogens (primary N) is 1. The highest BCUT2D eigenvalue weighted by molar-refractivity contribution is 5.96. The number of amides is 1. The van der Waals surface area contributed by atoms with Gasteiger partial charge in [-0.15, -0.1) is 0 Å². The first-order valence-electron chi connectivity index (χ1n) is 6.77. The fraction of sp³-hybridized carbons (Fsp3) is 0.235. The molecule has 0 radical (unpaired) electrons. The Balaban J connectivity index is 1.96. The number of aryl methyl sites for hydroxylation is 2. The molecule has 3 nitrogen and oxygen atoms in total. The van der Waals surface area contributed by atoms with Gasteiger partial charge in [0.05, 0.1) is 0 Å². The van der Waals surface area contributed by atoms with E-state index in [1.165, 1.54) is 11.1 Å². The second kappa shape index (κ2) is 6.24. The number of rotatable bonds is 4. The molecular weight excluding hydrogens is 248 g/mol. The third-order valence-electron chi connectivity index (χ3n) is 3.45. The van der Waals surface area contributed by atoms with Crippen LogP contribution in [0, 0.1) is 13.8 Å². The van der Waals surface area contributed by atoms with Gasteiger partial charge in [-0.1, -0.05) is 30.3 Å². The average Bonchev–Trinajstić information content (AvgIpc) is 2.43. The van der Waals surface area contributed by atoms with E-state index in [9.17, 15) is 4.79 Å². The molecular formula is C17H20N2O. The Bertz CT molecular complexity index is 620. The highest BCUT2D eigenvalue weighted by Crippen LogP contribution is 2.12. The van der Waals surface area contributed by atoms with Crippen molar-refractivity contribution < 1.29 is 4.79 Å². The van der Waals surface area contributed by atoms with E-state index < -0.39 is 0 Å². The van der Waals surface area contributed by atoms with Crippen LogP contribution in [-0.4, -0.2) is 12.5 Å². The van der Waals surface area contributed by atoms with Gasteiger partial charge >= 0.3 is 0 Å². The predicted octanol–water partition coefficient (Wildman–Crippen LogP) is 2.86. The van der Waals surface area contributed by atoms with Crippen LogP contribution in [0.25, 0.3) is 0 Å². The normalized spacial score (nSPS) is 10.3. The van der Waals surface area contributed by atoms with Crippen molar-refractivity contribution in [3.63, 3.8) is 0 Å². The van der Waals surface area contributed by atoms with Gasteiger partial charge in [0.1, 0.15) is 0 Å². The van der Waals surface area contributed by atoms with E-state index in [0.29, 0.717) is 17.8 Å². The van der Waals surface area contributed by atoms with Gasteiger partial charge in [-0.3, -0.25) is 4.79 Å². The molecule has 0 aliphatic heterocycles. The quantitative estimate of drug-likeness (QED) is 0.838. The van der Waals surface area contributed by atoms with Crippen molar-refractivity contribution in [1.29, 1.82) is 0 Å². The van der Waals surface area contributed by atoms with Gasteiger partial charge in [-0.25, -0.2) is 0 Å². The molecule has 3 N–H and O–H groups in total. The van der Waals surface area contributed by atoms with Crippen molar-refractivity contribution in [2.24, 2.45) is 0 Å². The Morgan fingerprint density at radius 3 is 2.60 bits per heavy atom. The summed E-state index contributed by atoms with van der Waals surface area (Å²) in [5, 5.41) is 2.95. The highest BCUT2D eigenvalue weighted by Gasteiger charge is 2.08. The molecule has 0 unspecified atom stereocenters. The minimum absolute atomic E-state index is 0.0663. The van der Waals surface area contributed by atoms with Crippen molar-refractivity contribution in [2.75, 3.05) is 12.3 Å². The van der Waals surface area contributed by atoms with Crippen molar-refractivity contribution in [1.82, 2.24) is 5.32 Å². The molecule has 0 fully saturated rings. The minimum atomic E-state index is -0.0663. The van der Waals surface area contributed by atoms with Crippen LogP contribution in [-0.2, 0) is 6.42 Å². The standard InChI is InChI=1S/C17H20N2O/c1-12-5-3-4-6-14(12)9-10-19-17(20)16-11-15(18)8-7-13(16)2/h3-8,11H,9-10,18H2,1-2H3,(H,19,20). The Morgan fingerprint density at radius 2 is 1.85 bits per heavy atom. The van der Waals surface area contributed by atoms with Crippen LogP contribution in [0.4, 0.5) is 5.69 Å². The molecule has 2 aromatic carbocycles. The van der Waals surface area contributed by atoms with Crippen LogP contribution in [0.15, 0.2) is 42.5 Å². The van der Waals surface area contributed by atoms with Crippen LogP contribution >= 0.6 is 0 Å². The van der Waals surface area contributed by atoms with E-state index in [-0.39, 0.29) is 5.91 Å². The monoisotopic (exact) mass is 268 g/mol. The zero-order chi connectivity index (χ0) is 14.5. The summed E-state index contributed by atoms with van der Waals surface area (Å²) < 4.78 is 0. The summed E-state index contributed by atoms with van der Waals surface area (Å²) in [5.41, 5.74) is 10.4. The molecule has 2 rings (SSSR count). The largest absolute Gasteiger partial charge is 0.399 e. The van der Waals surface area contributed by atoms with Gasteiger partial charge in [0.2, 0.25) is 0 Å². The van der Waals surface area contributed by atoms with E-state index in [4.69, 9.17) is 5.73 Å². The van der Waals surface area contributed by atoms with Crippen molar-refractivity contribution in [3.8, 4) is 0 Å². The van der Waals surface area contributed by atoms with Crippen LogP contribution in [0.1, 0.15) is 27.0 Å². The maximum Gasteiger partial charge on any atom is 0.251 e. The van der Waals surface area contributed by atoms with Crippen LogP contribution in [0.3, 0.4) is 0 Å². The molecule has 0 bridgehead atoms. The summed E-state index contributed by atoms with van der Waals surface area (Å²) in [5.74, 6) is -0.0663. The Hall–Kier alpha value is -2.29. The zero-order valence-electron chi connectivity index (χ0n) is 11.9. The first-order valence-corrected chi connectivity index (χ1v) is 6.77. The number of anilines is 1. The van der Waals surface area contributed by atoms with Crippen molar-refractivity contribution >= 4 is 11.6 Å². The molecule has 1 amide bonds. The number of hydrogen-bond acceptors (Lipinski definition) is 2. The number of nitrogen functional groups attached to an aromatic ring is 1. The van der Waals surface area contributed by atoms with Crippen LogP contribution < -0.4 is 11.1 Å². The van der Waals surface area contributed by atoms with Crippen LogP contribution in [0.5, 0.6) is 0 Å². The fourth-order valence-corrected chi connectivity index (χ4v) is 2.18. The summed E-state index contributed by atoms with van der Waals surface area (Å²) in [6, 6.07) is 13.6. The van der Waals surface area contributed by atoms with Crippen molar-refractivity contribution in [3.05, 3.63) is 64.7 Å². The molecule has 0 heterocycles. The average molecular weight is 268 g/mol. The first kappa shape index (κ1) is 14.1. The predicted molar refractivity (Wildman–Crippen MR) is 82.8 cm³/mol. The molecule has 0 saturated carbocycles. The maximum atomic E-state index is 12.1. The van der Waals surface area contributed by atoms with Gasteiger partial charge < -0.3 is 11.1 Å². The molecule has 0 aliphatic rings. The molecule has 0 atom stereocenters. The van der Waals surface area contributed by atoms with Gasteiger partial charge in [-0.2, -0.15) is 0 Å². The zero-order valence-corrected chi connectivity index (χ0v) is 11.9. The molecule has 0 aliphatic carbocycles. The van der Waals surface area contributed by atoms with E-state index in [1.54, 1.807) is 12.1 Å². The van der Waals surface area contributed by atoms with E-state index in [1.807, 2.05) is 25.1 Å². The van der Waals surface area contributed by atoms with Gasteiger partial charge in [0.15, 0.2) is 0 Å². The van der Waals surface area contributed by atoms with Gasteiger partial charge in [0, 0.05) is 17.8 Å². The summed E-state index contributed by atoms with van der Waals surface area (Å²) in [6.07, 6.45) is 0.833. The lowest BCUT2D eigenvalue weighted by Crippen LogP contribution is -2.26. The lowest BCUT2D eigenvalue weighted by molar-refractivity contribution is 0.0953.